The van der Waals surface area contributed by atoms with Crippen LogP contribution < -0.4 is 0 Å². The Morgan fingerprint density at radius 3 is 2.57 bits per heavy atom. The number of piperidine rings is 1. The number of hydrogen-bond donors (Lipinski definition) is 1. The molecule has 1 amide bonds. The Balaban J connectivity index is 1.54. The zero-order valence-corrected chi connectivity index (χ0v) is 14.3. The van der Waals surface area contributed by atoms with Gasteiger partial charge in [-0.15, -0.1) is 11.3 Å². The lowest BCUT2D eigenvalue weighted by molar-refractivity contribution is 0.0470. The first kappa shape index (κ1) is 16.2. The predicted octanol–water partition coefficient (Wildman–Crippen LogP) is 3.51. The standard InChI is InChI=1S/C19H23NO2S/c1-14-9-12-23-18(14)19(22)20-10-7-16(8-11-20)17(21)13-15-5-3-2-4-6-15/h2-6,9,12,16-17,21H,7-8,10-11,13H2,1H3/t17-/m1/s1. The van der Waals surface area contributed by atoms with E-state index in [9.17, 15) is 9.90 Å². The number of likely N-dealkylation sites (tertiary alicyclic amines) is 1. The molecule has 0 unspecified atom stereocenters. The van der Waals surface area contributed by atoms with Crippen LogP contribution in [-0.2, 0) is 6.42 Å². The number of benzene rings is 1. The Labute approximate surface area is 141 Å². The van der Waals surface area contributed by atoms with Gasteiger partial charge < -0.3 is 10.0 Å². The number of aliphatic hydroxyl groups is 1. The van der Waals surface area contributed by atoms with Gasteiger partial charge in [0.25, 0.3) is 5.91 Å². The summed E-state index contributed by atoms with van der Waals surface area (Å²) in [6.07, 6.45) is 2.13. The van der Waals surface area contributed by atoms with E-state index in [1.165, 1.54) is 16.9 Å². The van der Waals surface area contributed by atoms with Crippen molar-refractivity contribution in [2.24, 2.45) is 5.92 Å². The largest absolute Gasteiger partial charge is 0.392 e. The van der Waals surface area contributed by atoms with Crippen molar-refractivity contribution >= 4 is 17.2 Å². The Kier molecular flexibility index (Phi) is 5.13. The fraction of sp³-hybridized carbons (Fsp3) is 0.421. The molecule has 0 saturated carbocycles. The summed E-state index contributed by atoms with van der Waals surface area (Å²) in [7, 11) is 0. The summed E-state index contributed by atoms with van der Waals surface area (Å²) in [4.78, 5) is 15.3. The second kappa shape index (κ2) is 7.28. The van der Waals surface area contributed by atoms with Gasteiger partial charge in [0.05, 0.1) is 11.0 Å². The van der Waals surface area contributed by atoms with E-state index in [1.54, 1.807) is 0 Å². The van der Waals surface area contributed by atoms with E-state index in [2.05, 4.69) is 12.1 Å². The van der Waals surface area contributed by atoms with Gasteiger partial charge >= 0.3 is 0 Å². The van der Waals surface area contributed by atoms with Crippen LogP contribution in [0, 0.1) is 12.8 Å². The molecule has 1 aromatic carbocycles. The van der Waals surface area contributed by atoms with Crippen molar-refractivity contribution < 1.29 is 9.90 Å². The zero-order valence-electron chi connectivity index (χ0n) is 13.4. The first-order valence-corrected chi connectivity index (χ1v) is 9.08. The van der Waals surface area contributed by atoms with Crippen LogP contribution in [0.1, 0.15) is 33.6 Å². The number of carbonyl (C=O) groups is 1. The molecule has 3 nitrogen and oxygen atoms in total. The van der Waals surface area contributed by atoms with E-state index in [0.717, 1.165) is 36.4 Å². The van der Waals surface area contributed by atoms with E-state index in [1.807, 2.05) is 41.5 Å². The summed E-state index contributed by atoms with van der Waals surface area (Å²) in [5.74, 6) is 0.428. The number of hydrogen-bond acceptors (Lipinski definition) is 3. The third-order valence-electron chi connectivity index (χ3n) is 4.71. The summed E-state index contributed by atoms with van der Waals surface area (Å²) in [5, 5.41) is 12.5. The maximum Gasteiger partial charge on any atom is 0.264 e. The molecule has 1 N–H and O–H groups in total. The van der Waals surface area contributed by atoms with Gasteiger partial charge in [-0.3, -0.25) is 4.79 Å². The molecule has 23 heavy (non-hydrogen) atoms. The molecular formula is C19H23NO2S. The highest BCUT2D eigenvalue weighted by Gasteiger charge is 2.28. The van der Waals surface area contributed by atoms with Gasteiger partial charge in [0.2, 0.25) is 0 Å². The highest BCUT2D eigenvalue weighted by Crippen LogP contribution is 2.26. The van der Waals surface area contributed by atoms with Crippen molar-refractivity contribution in [2.45, 2.75) is 32.3 Å². The van der Waals surface area contributed by atoms with Crippen molar-refractivity contribution in [3.63, 3.8) is 0 Å². The molecule has 4 heteroatoms. The van der Waals surface area contributed by atoms with Crippen LogP contribution in [-0.4, -0.2) is 35.1 Å². The lowest BCUT2D eigenvalue weighted by Gasteiger charge is -2.34. The molecule has 0 radical (unpaired) electrons. The second-order valence-corrected chi connectivity index (χ2v) is 7.24. The minimum Gasteiger partial charge on any atom is -0.392 e. The zero-order chi connectivity index (χ0) is 16.2. The number of nitrogens with zero attached hydrogens (tertiary/aromatic N) is 1. The van der Waals surface area contributed by atoms with E-state index in [-0.39, 0.29) is 17.9 Å². The number of thiophene rings is 1. The first-order valence-electron chi connectivity index (χ1n) is 8.20. The van der Waals surface area contributed by atoms with E-state index in [0.29, 0.717) is 6.42 Å². The number of carbonyl (C=O) groups excluding carboxylic acids is 1. The van der Waals surface area contributed by atoms with Crippen LogP contribution in [0.5, 0.6) is 0 Å². The molecule has 0 bridgehead atoms. The maximum absolute atomic E-state index is 12.5. The van der Waals surface area contributed by atoms with Crippen LogP contribution in [0.4, 0.5) is 0 Å². The highest BCUT2D eigenvalue weighted by atomic mass is 32.1. The molecule has 1 aliphatic heterocycles. The summed E-state index contributed by atoms with van der Waals surface area (Å²) in [5.41, 5.74) is 2.24. The molecule has 3 rings (SSSR count). The lowest BCUT2D eigenvalue weighted by Crippen LogP contribution is -2.41. The van der Waals surface area contributed by atoms with Crippen molar-refractivity contribution in [2.75, 3.05) is 13.1 Å². The molecule has 0 spiro atoms. The highest BCUT2D eigenvalue weighted by molar-refractivity contribution is 7.12. The van der Waals surface area contributed by atoms with Gasteiger partial charge in [0.1, 0.15) is 0 Å². The van der Waals surface area contributed by atoms with Crippen molar-refractivity contribution in [1.82, 2.24) is 4.90 Å². The molecule has 1 atom stereocenters. The molecular weight excluding hydrogens is 306 g/mol. The summed E-state index contributed by atoms with van der Waals surface area (Å²) in [6, 6.07) is 12.1. The van der Waals surface area contributed by atoms with E-state index >= 15 is 0 Å². The maximum atomic E-state index is 12.5. The van der Waals surface area contributed by atoms with Crippen molar-refractivity contribution in [3.05, 3.63) is 57.8 Å². The minimum atomic E-state index is -0.321. The SMILES string of the molecule is Cc1ccsc1C(=O)N1CCC([C@H](O)Cc2ccccc2)CC1. The number of aryl methyl sites for hydroxylation is 1. The van der Waals surface area contributed by atoms with Crippen molar-refractivity contribution in [3.8, 4) is 0 Å². The Bertz CT molecular complexity index is 644. The predicted molar refractivity (Wildman–Crippen MR) is 93.8 cm³/mol. The average molecular weight is 329 g/mol. The van der Waals surface area contributed by atoms with Crippen LogP contribution >= 0.6 is 11.3 Å². The molecule has 1 fully saturated rings. The third-order valence-corrected chi connectivity index (χ3v) is 5.72. The monoisotopic (exact) mass is 329 g/mol. The number of amides is 1. The normalized spacial score (nSPS) is 17.2. The summed E-state index contributed by atoms with van der Waals surface area (Å²) in [6.45, 7) is 3.47. The molecule has 0 aliphatic carbocycles. The molecule has 2 aromatic rings. The fourth-order valence-electron chi connectivity index (χ4n) is 3.25. The van der Waals surface area contributed by atoms with Crippen LogP contribution in [0.15, 0.2) is 41.8 Å². The van der Waals surface area contributed by atoms with E-state index < -0.39 is 0 Å². The number of aliphatic hydroxyl groups excluding tert-OH is 1. The summed E-state index contributed by atoms with van der Waals surface area (Å²) < 4.78 is 0. The van der Waals surface area contributed by atoms with Gasteiger partial charge in [-0.25, -0.2) is 0 Å². The van der Waals surface area contributed by atoms with Gasteiger partial charge in [-0.05, 0) is 54.7 Å². The van der Waals surface area contributed by atoms with Crippen LogP contribution in [0.2, 0.25) is 0 Å². The number of rotatable bonds is 4. The minimum absolute atomic E-state index is 0.147. The van der Waals surface area contributed by atoms with Crippen LogP contribution in [0.25, 0.3) is 0 Å². The Morgan fingerprint density at radius 1 is 1.26 bits per heavy atom. The topological polar surface area (TPSA) is 40.5 Å². The third kappa shape index (κ3) is 3.82. The van der Waals surface area contributed by atoms with Crippen molar-refractivity contribution in [1.29, 1.82) is 0 Å². The second-order valence-electron chi connectivity index (χ2n) is 6.32. The van der Waals surface area contributed by atoms with Gasteiger partial charge in [0.15, 0.2) is 0 Å². The summed E-state index contributed by atoms with van der Waals surface area (Å²) >= 11 is 1.52. The Hall–Kier alpha value is -1.65. The molecule has 1 aliphatic rings. The van der Waals surface area contributed by atoms with Gasteiger partial charge in [-0.1, -0.05) is 30.3 Å². The quantitative estimate of drug-likeness (QED) is 0.932. The van der Waals surface area contributed by atoms with Crippen LogP contribution in [0.3, 0.4) is 0 Å². The van der Waals surface area contributed by atoms with Gasteiger partial charge in [0, 0.05) is 13.1 Å². The molecule has 1 aromatic heterocycles. The molecule has 122 valence electrons. The molecule has 1 saturated heterocycles. The first-order chi connectivity index (χ1) is 11.1. The molecule has 2 heterocycles. The van der Waals surface area contributed by atoms with Gasteiger partial charge in [-0.2, -0.15) is 0 Å². The smallest absolute Gasteiger partial charge is 0.264 e. The lowest BCUT2D eigenvalue weighted by atomic mass is 9.88. The average Bonchev–Trinajstić information content (AvgIpc) is 3.01. The fourth-order valence-corrected chi connectivity index (χ4v) is 4.14. The van der Waals surface area contributed by atoms with E-state index in [4.69, 9.17) is 0 Å². The Morgan fingerprint density at radius 2 is 1.96 bits per heavy atom.